The van der Waals surface area contributed by atoms with Crippen molar-refractivity contribution in [2.75, 3.05) is 0 Å². The average Bonchev–Trinajstić information content (AvgIpc) is 2.84. The highest BCUT2D eigenvalue weighted by molar-refractivity contribution is 5.82. The Hall–Kier alpha value is -1.18. The van der Waals surface area contributed by atoms with Crippen LogP contribution in [-0.4, -0.2) is 10.8 Å². The van der Waals surface area contributed by atoms with Crippen LogP contribution in [0.2, 0.25) is 0 Å². The third kappa shape index (κ3) is 1.24. The predicted octanol–water partition coefficient (Wildman–Crippen LogP) is 1.77. The molecule has 0 radical (unpaired) electrons. The van der Waals surface area contributed by atoms with E-state index >= 15 is 0 Å². The second-order valence-electron chi connectivity index (χ2n) is 3.35. The van der Waals surface area contributed by atoms with E-state index in [2.05, 4.69) is 4.98 Å². The van der Waals surface area contributed by atoms with Gasteiger partial charge in [-0.25, -0.2) is 0 Å². The normalized spacial score (nSPS) is 26.8. The van der Waals surface area contributed by atoms with E-state index in [-0.39, 0.29) is 5.92 Å². The van der Waals surface area contributed by atoms with Crippen molar-refractivity contribution in [3.8, 4) is 0 Å². The highest BCUT2D eigenvalue weighted by Crippen LogP contribution is 2.47. The van der Waals surface area contributed by atoms with Crippen LogP contribution in [0.25, 0.3) is 0 Å². The van der Waals surface area contributed by atoms with Crippen LogP contribution >= 0.6 is 0 Å². The zero-order valence-corrected chi connectivity index (χ0v) is 7.03. The standard InChI is InChI=1S/C10H11NO/c1-7(12)9-5-10(9)8-3-2-4-11-6-8/h2-4,6,9-10H,5H2,1H3/t9-,10-/m0/s1. The highest BCUT2D eigenvalue weighted by Gasteiger charge is 2.41. The van der Waals surface area contributed by atoms with Crippen molar-refractivity contribution in [1.29, 1.82) is 0 Å². The molecule has 0 aliphatic heterocycles. The Labute approximate surface area is 71.6 Å². The second-order valence-corrected chi connectivity index (χ2v) is 3.35. The molecule has 0 unspecified atom stereocenters. The van der Waals surface area contributed by atoms with Crippen LogP contribution in [0.1, 0.15) is 24.8 Å². The summed E-state index contributed by atoms with van der Waals surface area (Å²) in [7, 11) is 0. The van der Waals surface area contributed by atoms with Crippen LogP contribution in [0.15, 0.2) is 24.5 Å². The Bertz CT molecular complexity index is 294. The second kappa shape index (κ2) is 2.70. The van der Waals surface area contributed by atoms with E-state index in [9.17, 15) is 4.79 Å². The minimum atomic E-state index is 0.272. The molecule has 2 atom stereocenters. The van der Waals surface area contributed by atoms with Crippen LogP contribution in [0.5, 0.6) is 0 Å². The number of ketones is 1. The molecular weight excluding hydrogens is 150 g/mol. The first-order valence-corrected chi connectivity index (χ1v) is 4.19. The van der Waals surface area contributed by atoms with E-state index in [0.717, 1.165) is 6.42 Å². The number of hydrogen-bond acceptors (Lipinski definition) is 2. The first-order valence-electron chi connectivity index (χ1n) is 4.19. The first-order chi connectivity index (χ1) is 5.79. The van der Waals surface area contributed by atoms with E-state index in [1.54, 1.807) is 13.1 Å². The van der Waals surface area contributed by atoms with Gasteiger partial charge in [-0.15, -0.1) is 0 Å². The van der Waals surface area contributed by atoms with Gasteiger partial charge >= 0.3 is 0 Å². The molecule has 1 aliphatic carbocycles. The van der Waals surface area contributed by atoms with Crippen molar-refractivity contribution in [3.05, 3.63) is 30.1 Å². The molecular formula is C10H11NO. The van der Waals surface area contributed by atoms with Gasteiger partial charge in [-0.05, 0) is 30.9 Å². The highest BCUT2D eigenvalue weighted by atomic mass is 16.1. The first kappa shape index (κ1) is 7.47. The Balaban J connectivity index is 2.11. The number of rotatable bonds is 2. The SMILES string of the molecule is CC(=O)[C@@H]1C[C@H]1c1cccnc1. The van der Waals surface area contributed by atoms with Crippen molar-refractivity contribution in [3.63, 3.8) is 0 Å². The zero-order valence-electron chi connectivity index (χ0n) is 7.03. The van der Waals surface area contributed by atoms with Crippen LogP contribution in [0.4, 0.5) is 0 Å². The Morgan fingerprint density at radius 2 is 2.50 bits per heavy atom. The number of aromatic nitrogens is 1. The van der Waals surface area contributed by atoms with Gasteiger partial charge in [0.25, 0.3) is 0 Å². The lowest BCUT2D eigenvalue weighted by Gasteiger charge is -1.95. The maximum Gasteiger partial charge on any atom is 0.133 e. The largest absolute Gasteiger partial charge is 0.300 e. The van der Waals surface area contributed by atoms with Crippen molar-refractivity contribution < 1.29 is 4.79 Å². The van der Waals surface area contributed by atoms with E-state index in [0.29, 0.717) is 11.7 Å². The summed E-state index contributed by atoms with van der Waals surface area (Å²) in [4.78, 5) is 15.0. The van der Waals surface area contributed by atoms with Gasteiger partial charge in [0.15, 0.2) is 0 Å². The fourth-order valence-electron chi connectivity index (χ4n) is 1.61. The van der Waals surface area contributed by atoms with Gasteiger partial charge in [-0.1, -0.05) is 6.07 Å². The average molecular weight is 161 g/mol. The summed E-state index contributed by atoms with van der Waals surface area (Å²) in [5, 5.41) is 0. The number of nitrogens with zero attached hydrogens (tertiary/aromatic N) is 1. The van der Waals surface area contributed by atoms with Crippen LogP contribution in [-0.2, 0) is 4.79 Å². The molecule has 2 nitrogen and oxygen atoms in total. The molecule has 1 fully saturated rings. The molecule has 0 amide bonds. The van der Waals surface area contributed by atoms with E-state index in [1.807, 2.05) is 18.3 Å². The van der Waals surface area contributed by atoms with Gasteiger partial charge in [-0.3, -0.25) is 9.78 Å². The summed E-state index contributed by atoms with van der Waals surface area (Å²) in [6.07, 6.45) is 4.63. The maximum atomic E-state index is 11.0. The van der Waals surface area contributed by atoms with E-state index < -0.39 is 0 Å². The summed E-state index contributed by atoms with van der Waals surface area (Å²) in [6, 6.07) is 3.96. The lowest BCUT2D eigenvalue weighted by molar-refractivity contribution is -0.118. The van der Waals surface area contributed by atoms with Gasteiger partial charge < -0.3 is 0 Å². The van der Waals surface area contributed by atoms with Gasteiger partial charge in [0, 0.05) is 18.3 Å². The summed E-state index contributed by atoms with van der Waals surface area (Å²) < 4.78 is 0. The lowest BCUT2D eigenvalue weighted by atomic mass is 10.1. The summed E-state index contributed by atoms with van der Waals surface area (Å²) in [5.74, 6) is 1.04. The van der Waals surface area contributed by atoms with Gasteiger partial charge in [0.2, 0.25) is 0 Å². The molecule has 0 N–H and O–H groups in total. The van der Waals surface area contributed by atoms with E-state index in [4.69, 9.17) is 0 Å². The zero-order chi connectivity index (χ0) is 8.55. The molecule has 1 heterocycles. The smallest absolute Gasteiger partial charge is 0.133 e. The maximum absolute atomic E-state index is 11.0. The molecule has 1 saturated carbocycles. The van der Waals surface area contributed by atoms with Gasteiger partial charge in [0.05, 0.1) is 0 Å². The van der Waals surface area contributed by atoms with Crippen LogP contribution in [0, 0.1) is 5.92 Å². The summed E-state index contributed by atoms with van der Waals surface area (Å²) in [6.45, 7) is 1.67. The summed E-state index contributed by atoms with van der Waals surface area (Å²) >= 11 is 0. The molecule has 1 aliphatic rings. The lowest BCUT2D eigenvalue weighted by Crippen LogP contribution is -1.94. The predicted molar refractivity (Wildman–Crippen MR) is 45.8 cm³/mol. The Morgan fingerprint density at radius 3 is 3.00 bits per heavy atom. The van der Waals surface area contributed by atoms with Crippen molar-refractivity contribution >= 4 is 5.78 Å². The Morgan fingerprint density at radius 1 is 1.67 bits per heavy atom. The van der Waals surface area contributed by atoms with Gasteiger partial charge in [-0.2, -0.15) is 0 Å². The minimum absolute atomic E-state index is 0.272. The fourth-order valence-corrected chi connectivity index (χ4v) is 1.61. The molecule has 12 heavy (non-hydrogen) atoms. The van der Waals surface area contributed by atoms with Crippen LogP contribution < -0.4 is 0 Å². The van der Waals surface area contributed by atoms with Crippen molar-refractivity contribution in [2.24, 2.45) is 5.92 Å². The number of hydrogen-bond donors (Lipinski definition) is 0. The molecule has 1 aromatic rings. The van der Waals surface area contributed by atoms with Crippen molar-refractivity contribution in [1.82, 2.24) is 4.98 Å². The number of Topliss-reactive ketones (excluding diaryl/α,β-unsaturated/α-hetero) is 1. The molecule has 0 saturated heterocycles. The minimum Gasteiger partial charge on any atom is -0.300 e. The Kier molecular flexibility index (Phi) is 1.68. The quantitative estimate of drug-likeness (QED) is 0.661. The number of carbonyl (C=O) groups excluding carboxylic acids is 1. The molecule has 62 valence electrons. The molecule has 0 bridgehead atoms. The van der Waals surface area contributed by atoms with Crippen LogP contribution in [0.3, 0.4) is 0 Å². The molecule has 0 spiro atoms. The molecule has 1 aromatic heterocycles. The number of carbonyl (C=O) groups is 1. The third-order valence-electron chi connectivity index (χ3n) is 2.43. The van der Waals surface area contributed by atoms with Gasteiger partial charge in [0.1, 0.15) is 5.78 Å². The number of pyridine rings is 1. The van der Waals surface area contributed by atoms with Crippen molar-refractivity contribution in [2.45, 2.75) is 19.3 Å². The molecule has 0 aromatic carbocycles. The topological polar surface area (TPSA) is 30.0 Å². The van der Waals surface area contributed by atoms with E-state index in [1.165, 1.54) is 5.56 Å². The monoisotopic (exact) mass is 161 g/mol. The molecule has 2 heteroatoms. The molecule has 2 rings (SSSR count). The summed E-state index contributed by atoms with van der Waals surface area (Å²) in [5.41, 5.74) is 1.21. The fraction of sp³-hybridized carbons (Fsp3) is 0.400. The third-order valence-corrected chi connectivity index (χ3v) is 2.43.